The van der Waals surface area contributed by atoms with Crippen LogP contribution in [0.15, 0.2) is 30.3 Å². The molecule has 2 nitrogen and oxygen atoms in total. The number of hydrogen-bond donors (Lipinski definition) is 0. The minimum absolute atomic E-state index is 0.475. The van der Waals surface area contributed by atoms with Crippen molar-refractivity contribution in [3.63, 3.8) is 0 Å². The number of hydrogen-bond acceptors (Lipinski definition) is 1. The van der Waals surface area contributed by atoms with Crippen LogP contribution in [0.25, 0.3) is 0 Å². The Hall–Kier alpha value is -0.643. The van der Waals surface area contributed by atoms with Crippen LogP contribution >= 0.6 is 0 Å². The molecule has 0 aliphatic rings. The second-order valence-corrected chi connectivity index (χ2v) is 11.3. The lowest BCUT2D eigenvalue weighted by Crippen LogP contribution is -2.62. The van der Waals surface area contributed by atoms with Crippen LogP contribution in [0.1, 0.15) is 18.5 Å². The van der Waals surface area contributed by atoms with Gasteiger partial charge in [0.1, 0.15) is 0 Å². The highest BCUT2D eigenvalue weighted by atomic mass is 28.3. The minimum Gasteiger partial charge on any atom is -0.358 e. The summed E-state index contributed by atoms with van der Waals surface area (Å²) in [5.74, 6) is 0. The molecule has 0 fully saturated rings. The Bertz CT molecular complexity index is 347. The summed E-state index contributed by atoms with van der Waals surface area (Å²) in [4.78, 5) is 0. The third-order valence-corrected chi connectivity index (χ3v) is 7.65. The van der Waals surface area contributed by atoms with E-state index in [4.69, 9.17) is 4.74 Å². The van der Waals surface area contributed by atoms with E-state index in [1.54, 1.807) is 7.11 Å². The summed E-state index contributed by atoms with van der Waals surface area (Å²) in [6.45, 7) is 10.3. The molecule has 0 aliphatic heterocycles. The molecule has 0 radical (unpaired) electrons. The van der Waals surface area contributed by atoms with Crippen LogP contribution in [0, 0.1) is 0 Å². The first-order chi connectivity index (χ1) is 7.83. The normalized spacial score (nSPS) is 17.5. The third-order valence-electron chi connectivity index (χ3n) is 4.07. The van der Waals surface area contributed by atoms with E-state index in [-0.39, 0.29) is 0 Å². The van der Waals surface area contributed by atoms with Crippen molar-refractivity contribution in [1.29, 1.82) is 0 Å². The zero-order valence-electron chi connectivity index (χ0n) is 12.0. The van der Waals surface area contributed by atoms with Crippen molar-refractivity contribution in [3.05, 3.63) is 35.9 Å². The topological polar surface area (TPSA) is 9.23 Å². The zero-order chi connectivity index (χ0) is 13.1. The number of nitrogens with zero attached hydrogens (tertiary/aromatic N) is 1. The van der Waals surface area contributed by atoms with Gasteiger partial charge in [-0.3, -0.25) is 0 Å². The standard InChI is InChI=1S/C14H26NOSi/c1-13(14-10-8-7-9-11-14)15(2,12-16-3)17(4,5)6/h7-11,13H,12H2,1-6H3/q+1/t13-,15?/m0/s1. The molecule has 0 amide bonds. The molecule has 0 aliphatic carbocycles. The first-order valence-corrected chi connectivity index (χ1v) is 9.67. The molecular formula is C14H26NOSi+. The van der Waals surface area contributed by atoms with E-state index < -0.39 is 8.24 Å². The Kier molecular flexibility index (Phi) is 4.53. The van der Waals surface area contributed by atoms with Crippen molar-refractivity contribution in [3.8, 4) is 0 Å². The number of quaternary nitrogens is 1. The van der Waals surface area contributed by atoms with Gasteiger partial charge in [0, 0.05) is 12.7 Å². The van der Waals surface area contributed by atoms with Crippen LogP contribution in [0.3, 0.4) is 0 Å². The van der Waals surface area contributed by atoms with Crippen LogP contribution in [0.5, 0.6) is 0 Å². The van der Waals surface area contributed by atoms with E-state index in [0.717, 1.165) is 10.9 Å². The quantitative estimate of drug-likeness (QED) is 0.574. The van der Waals surface area contributed by atoms with Crippen LogP contribution in [0.4, 0.5) is 0 Å². The Morgan fingerprint density at radius 3 is 2.12 bits per heavy atom. The predicted molar refractivity (Wildman–Crippen MR) is 76.3 cm³/mol. The second-order valence-electron chi connectivity index (χ2n) is 5.94. The Morgan fingerprint density at radius 1 is 1.18 bits per heavy atom. The number of methoxy groups -OCH3 is 1. The van der Waals surface area contributed by atoms with Crippen LogP contribution in [-0.2, 0) is 4.74 Å². The van der Waals surface area contributed by atoms with Gasteiger partial charge in [-0.15, -0.1) is 0 Å². The van der Waals surface area contributed by atoms with Crippen molar-refractivity contribution >= 4 is 8.24 Å². The summed E-state index contributed by atoms with van der Waals surface area (Å²) < 4.78 is 6.49. The lowest BCUT2D eigenvalue weighted by atomic mass is 10.1. The summed E-state index contributed by atoms with van der Waals surface area (Å²) in [5.41, 5.74) is 1.40. The first kappa shape index (κ1) is 14.4. The van der Waals surface area contributed by atoms with Crippen LogP contribution in [-0.4, -0.2) is 33.3 Å². The summed E-state index contributed by atoms with van der Waals surface area (Å²) in [5, 5.41) is 0. The third kappa shape index (κ3) is 2.97. The molecular weight excluding hydrogens is 226 g/mol. The SMILES string of the molecule is COC[N+](C)([C@@H](C)c1ccccc1)[Si](C)(C)C. The van der Waals surface area contributed by atoms with Gasteiger partial charge >= 0.3 is 0 Å². The smallest absolute Gasteiger partial charge is 0.278 e. The van der Waals surface area contributed by atoms with Crippen molar-refractivity contribution in [2.45, 2.75) is 32.6 Å². The highest BCUT2D eigenvalue weighted by molar-refractivity contribution is 6.68. The van der Waals surface area contributed by atoms with Gasteiger partial charge in [-0.2, -0.15) is 0 Å². The van der Waals surface area contributed by atoms with E-state index in [9.17, 15) is 0 Å². The van der Waals surface area contributed by atoms with Gasteiger partial charge in [0.15, 0.2) is 6.73 Å². The number of rotatable bonds is 5. The predicted octanol–water partition coefficient (Wildman–Crippen LogP) is 3.63. The van der Waals surface area contributed by atoms with Gasteiger partial charge in [-0.1, -0.05) is 30.3 Å². The molecule has 0 saturated heterocycles. The van der Waals surface area contributed by atoms with Crippen molar-refractivity contribution in [1.82, 2.24) is 0 Å². The van der Waals surface area contributed by atoms with Gasteiger partial charge in [-0.25, -0.2) is 0 Å². The highest BCUT2D eigenvalue weighted by Gasteiger charge is 2.43. The highest BCUT2D eigenvalue weighted by Crippen LogP contribution is 2.33. The Labute approximate surface area is 107 Å². The molecule has 96 valence electrons. The van der Waals surface area contributed by atoms with Gasteiger partial charge in [-0.05, 0) is 26.6 Å². The number of benzene rings is 1. The molecule has 1 aromatic carbocycles. The van der Waals surface area contributed by atoms with E-state index in [1.165, 1.54) is 5.56 Å². The average Bonchev–Trinajstić information content (AvgIpc) is 2.28. The molecule has 1 rings (SSSR count). The lowest BCUT2D eigenvalue weighted by molar-refractivity contribution is -0.864. The van der Waals surface area contributed by atoms with Crippen LogP contribution < -0.4 is 0 Å². The largest absolute Gasteiger partial charge is 0.358 e. The fraction of sp³-hybridized carbons (Fsp3) is 0.571. The fourth-order valence-corrected chi connectivity index (χ4v) is 4.04. The Balaban J connectivity index is 3.08. The first-order valence-electron chi connectivity index (χ1n) is 6.22. The zero-order valence-corrected chi connectivity index (χ0v) is 13.0. The fourth-order valence-electron chi connectivity index (χ4n) is 2.22. The molecule has 0 N–H and O–H groups in total. The Morgan fingerprint density at radius 2 is 1.71 bits per heavy atom. The second kappa shape index (κ2) is 5.34. The molecule has 17 heavy (non-hydrogen) atoms. The number of ether oxygens (including phenoxy) is 1. The van der Waals surface area contributed by atoms with Crippen molar-refractivity contribution < 1.29 is 8.89 Å². The van der Waals surface area contributed by atoms with Crippen molar-refractivity contribution in [2.75, 3.05) is 20.9 Å². The maximum Gasteiger partial charge on any atom is 0.278 e. The molecule has 3 heteroatoms. The van der Waals surface area contributed by atoms with Gasteiger partial charge in [0.05, 0.1) is 13.1 Å². The maximum atomic E-state index is 5.48. The van der Waals surface area contributed by atoms with E-state index in [0.29, 0.717) is 6.04 Å². The van der Waals surface area contributed by atoms with Gasteiger partial charge in [0.25, 0.3) is 8.24 Å². The summed E-state index contributed by atoms with van der Waals surface area (Å²) in [6.07, 6.45) is 0. The molecule has 1 unspecified atom stereocenters. The van der Waals surface area contributed by atoms with Crippen LogP contribution in [0.2, 0.25) is 19.6 Å². The summed E-state index contributed by atoms with van der Waals surface area (Å²) in [7, 11) is 2.76. The molecule has 1 aromatic rings. The van der Waals surface area contributed by atoms with Gasteiger partial charge in [0.2, 0.25) is 0 Å². The summed E-state index contributed by atoms with van der Waals surface area (Å²) in [6, 6.07) is 11.2. The monoisotopic (exact) mass is 252 g/mol. The molecule has 0 aromatic heterocycles. The van der Waals surface area contributed by atoms with E-state index >= 15 is 0 Å². The van der Waals surface area contributed by atoms with Gasteiger partial charge < -0.3 is 8.89 Å². The average molecular weight is 252 g/mol. The molecule has 0 saturated carbocycles. The van der Waals surface area contributed by atoms with E-state index in [1.807, 2.05) is 0 Å². The molecule has 0 bridgehead atoms. The molecule has 0 heterocycles. The van der Waals surface area contributed by atoms with E-state index in [2.05, 4.69) is 63.9 Å². The minimum atomic E-state index is -1.37. The molecule has 2 atom stereocenters. The molecule has 0 spiro atoms. The lowest BCUT2D eigenvalue weighted by Gasteiger charge is -2.48. The maximum absolute atomic E-state index is 5.48. The summed E-state index contributed by atoms with van der Waals surface area (Å²) >= 11 is 0. The van der Waals surface area contributed by atoms with Crippen molar-refractivity contribution in [2.24, 2.45) is 0 Å².